The Hall–Kier alpha value is -4.42. The van der Waals surface area contributed by atoms with Crippen molar-refractivity contribution in [1.82, 2.24) is 35.2 Å². The average molecular weight is 980 g/mol. The minimum absolute atomic E-state index is 0.0420. The molecule has 7 rings (SSSR count). The monoisotopic (exact) mass is 980 g/mol. The zero-order chi connectivity index (χ0) is 49.5. The number of pyridine rings is 1. The zero-order valence-corrected chi connectivity index (χ0v) is 42.3. The molecule has 2 aliphatic heterocycles. The van der Waals surface area contributed by atoms with Crippen molar-refractivity contribution < 1.29 is 41.8 Å². The number of aromatic nitrogens is 3. The summed E-state index contributed by atoms with van der Waals surface area (Å²) in [7, 11) is 1.53. The molecule has 5 unspecified atom stereocenters. The second kappa shape index (κ2) is 22.8. The molecule has 2 N–H and O–H groups in total. The molecule has 0 radical (unpaired) electrons. The van der Waals surface area contributed by atoms with E-state index in [1.165, 1.54) is 23.0 Å². The second-order valence-electron chi connectivity index (χ2n) is 20.4. The highest BCUT2D eigenvalue weighted by molar-refractivity contribution is 7.10. The summed E-state index contributed by atoms with van der Waals surface area (Å²) in [4.78, 5) is 52.8. The van der Waals surface area contributed by atoms with E-state index in [1.54, 1.807) is 42.4 Å². The second-order valence-corrected chi connectivity index (χ2v) is 21.3. The predicted molar refractivity (Wildman–Crippen MR) is 262 cm³/mol. The molecule has 1 saturated carbocycles. The number of hydrazine groups is 1. The molecule has 3 aliphatic rings. The lowest BCUT2D eigenvalue weighted by Crippen LogP contribution is -2.63. The molecular weight excluding hydrogens is 908 g/mol. The van der Waals surface area contributed by atoms with Crippen LogP contribution in [0.1, 0.15) is 122 Å². The molecule has 0 bridgehead atoms. The molecule has 1 aliphatic carbocycles. The predicted octanol–water partition coefficient (Wildman–Crippen LogP) is 9.47. The fourth-order valence-corrected chi connectivity index (χ4v) is 11.7. The van der Waals surface area contributed by atoms with E-state index in [1.807, 2.05) is 25.3 Å². The van der Waals surface area contributed by atoms with Gasteiger partial charge in [-0.3, -0.25) is 29.3 Å². The number of hydrogen-bond donors (Lipinski definition) is 2. The van der Waals surface area contributed by atoms with E-state index in [9.17, 15) is 27.6 Å². The Labute approximate surface area is 409 Å². The van der Waals surface area contributed by atoms with E-state index in [0.717, 1.165) is 57.8 Å². The number of nitrogens with zero attached hydrogens (tertiary/aromatic N) is 5. The topological polar surface area (TPSA) is 140 Å². The summed E-state index contributed by atoms with van der Waals surface area (Å²) in [5.74, 6) is 0.295. The largest absolute Gasteiger partial charge is 0.467 e. The summed E-state index contributed by atoms with van der Waals surface area (Å²) in [5, 5.41) is 8.04. The molecule has 1 aromatic carbocycles. The third kappa shape index (κ3) is 12.6. The van der Waals surface area contributed by atoms with Gasteiger partial charge in [0.15, 0.2) is 0 Å². The van der Waals surface area contributed by atoms with Gasteiger partial charge in [0, 0.05) is 78.7 Å². The molecule has 17 heteroatoms. The molecule has 2 amide bonds. The van der Waals surface area contributed by atoms with Gasteiger partial charge in [-0.15, -0.1) is 11.3 Å². The third-order valence-corrected chi connectivity index (χ3v) is 15.5. The van der Waals surface area contributed by atoms with E-state index in [2.05, 4.69) is 41.4 Å². The van der Waals surface area contributed by atoms with Gasteiger partial charge in [0.1, 0.15) is 12.6 Å². The Morgan fingerprint density at radius 3 is 2.57 bits per heavy atom. The number of ether oxygens (including phenoxy) is 3. The summed E-state index contributed by atoms with van der Waals surface area (Å²) < 4.78 is 62.6. The first-order valence-electron chi connectivity index (χ1n) is 24.9. The number of amides is 2. The highest BCUT2D eigenvalue weighted by Gasteiger charge is 2.44. The van der Waals surface area contributed by atoms with Crippen LogP contribution in [0.15, 0.2) is 41.9 Å². The summed E-state index contributed by atoms with van der Waals surface area (Å²) >= 11 is 1.38. The van der Waals surface area contributed by atoms with Crippen LogP contribution in [0.4, 0.5) is 13.2 Å². The smallest absolute Gasteiger partial charge is 0.406 e. The summed E-state index contributed by atoms with van der Waals surface area (Å²) in [6.07, 6.45) is 5.58. The van der Waals surface area contributed by atoms with Crippen LogP contribution in [0.5, 0.6) is 0 Å². The number of halogens is 3. The van der Waals surface area contributed by atoms with Gasteiger partial charge in [-0.05, 0) is 93.5 Å². The first-order valence-corrected chi connectivity index (χ1v) is 25.8. The van der Waals surface area contributed by atoms with Crippen LogP contribution in [-0.4, -0.2) is 113 Å². The van der Waals surface area contributed by atoms with Gasteiger partial charge >= 0.3 is 6.18 Å². The molecule has 378 valence electrons. The van der Waals surface area contributed by atoms with Crippen molar-refractivity contribution in [1.29, 1.82) is 0 Å². The fraction of sp³-hybridized carbons (Fsp3) is 0.635. The van der Waals surface area contributed by atoms with Crippen LogP contribution < -0.4 is 10.7 Å². The Bertz CT molecular complexity index is 2380. The number of thiazole rings is 1. The summed E-state index contributed by atoms with van der Waals surface area (Å²) in [6.45, 7) is 14.5. The number of morpholine rings is 1. The van der Waals surface area contributed by atoms with E-state index in [0.29, 0.717) is 94.9 Å². The Morgan fingerprint density at radius 2 is 1.88 bits per heavy atom. The van der Waals surface area contributed by atoms with Crippen LogP contribution in [0.3, 0.4) is 0 Å². The zero-order valence-electron chi connectivity index (χ0n) is 41.5. The molecule has 5 atom stereocenters. The molecule has 0 spiro atoms. The molecule has 2 saturated heterocycles. The maximum Gasteiger partial charge on any atom is 0.406 e. The highest BCUT2D eigenvalue weighted by Crippen LogP contribution is 2.43. The van der Waals surface area contributed by atoms with Gasteiger partial charge in [-0.25, -0.2) is 10.4 Å². The maximum atomic E-state index is 14.9. The van der Waals surface area contributed by atoms with Crippen molar-refractivity contribution in [2.24, 2.45) is 17.3 Å². The van der Waals surface area contributed by atoms with Crippen LogP contribution in [0.25, 0.3) is 33.4 Å². The van der Waals surface area contributed by atoms with E-state index in [4.69, 9.17) is 19.2 Å². The SMILES string of the molecule is CCC(C)CC1(CC)CN(C(C(=O)NC(Cc2nc(-c3ccc4c(c3)c(CC(C)(C)COC=O)c(-c3cccnc3C(C)OC)n4CC(F)(F)F)cs2)C(=O)N2CCCCN2)C2CCCC2)CCO1. The fourth-order valence-electron chi connectivity index (χ4n) is 10.8. The molecule has 13 nitrogen and oxygen atoms in total. The minimum Gasteiger partial charge on any atom is -0.467 e. The normalized spacial score (nSPS) is 20.5. The number of fused-ring (bicyclic) bond motifs is 1. The van der Waals surface area contributed by atoms with Crippen molar-refractivity contribution in [2.45, 2.75) is 149 Å². The number of methoxy groups -OCH3 is 1. The summed E-state index contributed by atoms with van der Waals surface area (Å²) in [5.41, 5.74) is 5.88. The van der Waals surface area contributed by atoms with E-state index >= 15 is 0 Å². The average Bonchev–Trinajstić information content (AvgIpc) is 4.11. The van der Waals surface area contributed by atoms with E-state index in [-0.39, 0.29) is 42.8 Å². The lowest BCUT2D eigenvalue weighted by molar-refractivity contribution is -0.152. The van der Waals surface area contributed by atoms with Crippen molar-refractivity contribution in [3.63, 3.8) is 0 Å². The van der Waals surface area contributed by atoms with Crippen LogP contribution in [0.2, 0.25) is 0 Å². The molecular formula is C52H72F3N7O6S. The first-order chi connectivity index (χ1) is 33.0. The van der Waals surface area contributed by atoms with Crippen molar-refractivity contribution >= 4 is 40.5 Å². The Morgan fingerprint density at radius 1 is 1.10 bits per heavy atom. The third-order valence-electron chi connectivity index (χ3n) is 14.6. The van der Waals surface area contributed by atoms with Crippen LogP contribution in [-0.2, 0) is 48.0 Å². The molecule has 4 aromatic rings. The molecule has 69 heavy (non-hydrogen) atoms. The van der Waals surface area contributed by atoms with Gasteiger partial charge in [0.2, 0.25) is 5.91 Å². The molecule has 3 fully saturated rings. The number of hydrogen-bond acceptors (Lipinski definition) is 11. The van der Waals surface area contributed by atoms with Crippen molar-refractivity contribution in [2.75, 3.05) is 46.5 Å². The number of carbonyl (C=O) groups excluding carboxylic acids is 3. The maximum absolute atomic E-state index is 14.9. The van der Waals surface area contributed by atoms with Crippen LogP contribution in [0, 0.1) is 17.3 Å². The number of carbonyl (C=O) groups is 3. The highest BCUT2D eigenvalue weighted by atomic mass is 32.1. The molecule has 5 heterocycles. The van der Waals surface area contributed by atoms with Crippen molar-refractivity contribution in [3.05, 3.63) is 58.2 Å². The molecule has 3 aromatic heterocycles. The number of nitrogens with one attached hydrogen (secondary N) is 2. The van der Waals surface area contributed by atoms with E-state index < -0.39 is 36.3 Å². The minimum atomic E-state index is -4.56. The van der Waals surface area contributed by atoms with Gasteiger partial charge in [0.05, 0.1) is 53.1 Å². The van der Waals surface area contributed by atoms with Crippen molar-refractivity contribution in [3.8, 4) is 22.5 Å². The summed E-state index contributed by atoms with van der Waals surface area (Å²) in [6, 6.07) is 7.53. The number of benzene rings is 1. The van der Waals surface area contributed by atoms with Gasteiger partial charge in [0.25, 0.3) is 12.4 Å². The quantitative estimate of drug-likeness (QED) is 0.0777. The lowest BCUT2D eigenvalue weighted by atomic mass is 9.84. The standard InChI is InChI=1S/C52H72F3N7O6S/c1-8-34(3)27-51(9-2)30-60(23-24-68-51)46(36-15-10-11-16-36)48(64)59-41(49(65)62-22-13-12-21-57-62)26-44-58-42(29-69-44)37-18-19-43-39(25-37)40(28-50(5,6)32-67-33-63)47(61(43)31-52(53,54)55)38-17-14-20-56-45(38)35(4)66-7/h14,17-20,25,29,33-36,41,46,57H,8-13,15-16,21-24,26-28,30-32H2,1-7H3,(H,59,64). The number of alkyl halides is 3. The van der Waals surface area contributed by atoms with Crippen LogP contribution >= 0.6 is 11.3 Å². The van der Waals surface area contributed by atoms with Gasteiger partial charge < -0.3 is 24.1 Å². The lowest BCUT2D eigenvalue weighted by Gasteiger charge is -2.47. The number of rotatable bonds is 21. The van der Waals surface area contributed by atoms with Gasteiger partial charge in [-0.1, -0.05) is 59.9 Å². The Kier molecular flexibility index (Phi) is 17.3. The Balaban J connectivity index is 1.25. The first kappa shape index (κ1) is 52.4. The van der Waals surface area contributed by atoms with Gasteiger partial charge in [-0.2, -0.15) is 13.2 Å².